The Morgan fingerprint density at radius 1 is 1.18 bits per heavy atom. The van der Waals surface area contributed by atoms with Gasteiger partial charge in [0.2, 0.25) is 0 Å². The number of benzene rings is 2. The summed E-state index contributed by atoms with van der Waals surface area (Å²) in [6.45, 7) is 11.4. The highest BCUT2D eigenvalue weighted by Crippen LogP contribution is 2.36. The molecule has 1 aromatic heterocycles. The van der Waals surface area contributed by atoms with E-state index in [2.05, 4.69) is 11.6 Å². The van der Waals surface area contributed by atoms with Crippen LogP contribution in [0.25, 0.3) is 6.08 Å². The van der Waals surface area contributed by atoms with Crippen molar-refractivity contribution in [2.24, 2.45) is 4.99 Å². The molecule has 0 unspecified atom stereocenters. The topological polar surface area (TPSA) is 88.4 Å². The van der Waals surface area contributed by atoms with E-state index in [1.807, 2.05) is 50.2 Å². The maximum absolute atomic E-state index is 14.1. The molecule has 1 aliphatic rings. The highest BCUT2D eigenvalue weighted by Gasteiger charge is 2.35. The number of thiazole rings is 1. The third-order valence-corrected chi connectivity index (χ3v) is 7.32. The predicted octanol–water partition coefficient (Wildman–Crippen LogP) is 4.33. The second-order valence-corrected chi connectivity index (χ2v) is 10.4. The summed E-state index contributed by atoms with van der Waals surface area (Å²) in [6.07, 6.45) is 4.04. The highest BCUT2D eigenvalue weighted by atomic mass is 32.1. The Bertz CT molecular complexity index is 1650. The van der Waals surface area contributed by atoms with Crippen LogP contribution in [0.15, 0.2) is 70.1 Å². The lowest BCUT2D eigenvalue weighted by Gasteiger charge is -2.26. The van der Waals surface area contributed by atoms with Gasteiger partial charge in [0.1, 0.15) is 11.8 Å². The number of esters is 1. The zero-order valence-corrected chi connectivity index (χ0v) is 24.5. The van der Waals surface area contributed by atoms with E-state index >= 15 is 0 Å². The van der Waals surface area contributed by atoms with Crippen LogP contribution in [0, 0.1) is 0 Å². The van der Waals surface area contributed by atoms with E-state index < -0.39 is 12.0 Å². The number of allylic oxidation sites excluding steroid dienone is 2. The summed E-state index contributed by atoms with van der Waals surface area (Å²) in [5, 5.41) is 0. The average Bonchev–Trinajstić information content (AvgIpc) is 3.22. The van der Waals surface area contributed by atoms with Gasteiger partial charge in [0.25, 0.3) is 5.56 Å². The second kappa shape index (κ2) is 12.4. The Labute approximate surface area is 237 Å². The highest BCUT2D eigenvalue weighted by molar-refractivity contribution is 7.07. The van der Waals surface area contributed by atoms with Gasteiger partial charge in [-0.1, -0.05) is 35.6 Å². The molecule has 3 aromatic rings. The maximum Gasteiger partial charge on any atom is 0.338 e. The van der Waals surface area contributed by atoms with Crippen LogP contribution in [-0.4, -0.2) is 37.5 Å². The number of aromatic nitrogens is 1. The number of ether oxygens (including phenoxy) is 4. The fourth-order valence-corrected chi connectivity index (χ4v) is 5.81. The fourth-order valence-electron chi connectivity index (χ4n) is 4.76. The normalized spacial score (nSPS) is 15.0. The molecule has 0 saturated carbocycles. The largest absolute Gasteiger partial charge is 0.493 e. The Kier molecular flexibility index (Phi) is 8.94. The lowest BCUT2D eigenvalue weighted by molar-refractivity contribution is -0.139. The molecule has 1 atom stereocenters. The van der Waals surface area contributed by atoms with E-state index in [1.54, 1.807) is 44.8 Å². The third-order valence-electron chi connectivity index (χ3n) is 6.33. The van der Waals surface area contributed by atoms with Gasteiger partial charge in [-0.25, -0.2) is 9.79 Å². The summed E-state index contributed by atoms with van der Waals surface area (Å²) in [4.78, 5) is 32.4. The summed E-state index contributed by atoms with van der Waals surface area (Å²) in [6, 6.07) is 10.4. The van der Waals surface area contributed by atoms with Crippen LogP contribution < -0.4 is 29.1 Å². The number of para-hydroxylation sites is 1. The predicted molar refractivity (Wildman–Crippen MR) is 156 cm³/mol. The molecule has 0 spiro atoms. The number of nitrogens with zero attached hydrogens (tertiary/aromatic N) is 2. The Balaban J connectivity index is 1.98. The molecule has 0 fully saturated rings. The summed E-state index contributed by atoms with van der Waals surface area (Å²) < 4.78 is 24.7. The van der Waals surface area contributed by atoms with Crippen molar-refractivity contribution in [1.29, 1.82) is 0 Å². The zero-order valence-electron chi connectivity index (χ0n) is 23.6. The van der Waals surface area contributed by atoms with Crippen LogP contribution in [0.4, 0.5) is 0 Å². The molecule has 2 aromatic carbocycles. The molecule has 4 rings (SSSR count). The van der Waals surface area contributed by atoms with Crippen LogP contribution in [0.2, 0.25) is 0 Å². The smallest absolute Gasteiger partial charge is 0.338 e. The molecule has 0 radical (unpaired) electrons. The molecule has 2 heterocycles. The van der Waals surface area contributed by atoms with Gasteiger partial charge in [-0.15, -0.1) is 6.58 Å². The second-order valence-electron chi connectivity index (χ2n) is 9.42. The number of rotatable bonds is 10. The van der Waals surface area contributed by atoms with E-state index in [-0.39, 0.29) is 18.3 Å². The molecule has 9 heteroatoms. The number of hydrogen-bond donors (Lipinski definition) is 0. The maximum atomic E-state index is 14.1. The quantitative estimate of drug-likeness (QED) is 0.270. The van der Waals surface area contributed by atoms with Crippen LogP contribution in [0.5, 0.6) is 17.2 Å². The molecule has 0 bridgehead atoms. The van der Waals surface area contributed by atoms with Crippen molar-refractivity contribution < 1.29 is 23.7 Å². The Morgan fingerprint density at radius 3 is 2.58 bits per heavy atom. The van der Waals surface area contributed by atoms with Crippen LogP contribution in [-0.2, 0) is 16.0 Å². The van der Waals surface area contributed by atoms with Gasteiger partial charge in [-0.2, -0.15) is 0 Å². The zero-order chi connectivity index (χ0) is 29.0. The van der Waals surface area contributed by atoms with Crippen LogP contribution in [0.1, 0.15) is 50.4 Å². The first-order chi connectivity index (χ1) is 19.2. The number of carbonyl (C=O) groups excluding carboxylic acids is 1. The summed E-state index contributed by atoms with van der Waals surface area (Å²) in [7, 11) is 3.16. The molecular weight excluding hydrogens is 528 g/mol. The number of carbonyl (C=O) groups is 1. The molecule has 1 aliphatic heterocycles. The first-order valence-corrected chi connectivity index (χ1v) is 13.9. The third kappa shape index (κ3) is 5.60. The standard InChI is InChI=1S/C31H34N2O6S/c1-8-12-21-15-20(16-24(36-6)28(21)37-7)17-25-29(34)33-27(22-13-10-11-14-23(22)39-18(3)4)26(30(35)38-9-2)19(5)32-31(33)40-25/h8,10-11,13-18,27H,1,9,12H2,2-7H3/b25-17+/t27-/m1/s1. The van der Waals surface area contributed by atoms with Gasteiger partial charge in [0.15, 0.2) is 16.3 Å². The van der Waals surface area contributed by atoms with Crippen LogP contribution >= 0.6 is 11.3 Å². The molecule has 0 aliphatic carbocycles. The number of hydrogen-bond acceptors (Lipinski definition) is 8. The number of fused-ring (bicyclic) bond motifs is 1. The molecule has 210 valence electrons. The number of methoxy groups -OCH3 is 2. The minimum absolute atomic E-state index is 0.108. The summed E-state index contributed by atoms with van der Waals surface area (Å²) in [5.74, 6) is 1.25. The Hall–Kier alpha value is -4.11. The fraction of sp³-hybridized carbons (Fsp3) is 0.323. The van der Waals surface area contributed by atoms with Crippen molar-refractivity contribution in [2.75, 3.05) is 20.8 Å². The van der Waals surface area contributed by atoms with Crippen LogP contribution in [0.3, 0.4) is 0 Å². The monoisotopic (exact) mass is 562 g/mol. The van der Waals surface area contributed by atoms with Crippen molar-refractivity contribution in [3.63, 3.8) is 0 Å². The lowest BCUT2D eigenvalue weighted by Crippen LogP contribution is -2.40. The first kappa shape index (κ1) is 28.9. The lowest BCUT2D eigenvalue weighted by atomic mass is 9.95. The molecule has 0 amide bonds. The van der Waals surface area contributed by atoms with Crippen molar-refractivity contribution in [3.05, 3.63) is 96.7 Å². The summed E-state index contributed by atoms with van der Waals surface area (Å²) >= 11 is 1.26. The van der Waals surface area contributed by atoms with Gasteiger partial charge in [0.05, 0.1) is 42.7 Å². The molecule has 8 nitrogen and oxygen atoms in total. The van der Waals surface area contributed by atoms with E-state index in [0.717, 1.165) is 11.1 Å². The van der Waals surface area contributed by atoms with Gasteiger partial charge in [-0.3, -0.25) is 9.36 Å². The van der Waals surface area contributed by atoms with Gasteiger partial charge in [0, 0.05) is 11.1 Å². The van der Waals surface area contributed by atoms with E-state index in [4.69, 9.17) is 18.9 Å². The minimum atomic E-state index is -0.769. The van der Waals surface area contributed by atoms with E-state index in [9.17, 15) is 9.59 Å². The molecule has 0 N–H and O–H groups in total. The molecular formula is C31H34N2O6S. The van der Waals surface area contributed by atoms with Gasteiger partial charge in [-0.05, 0) is 64.0 Å². The van der Waals surface area contributed by atoms with Gasteiger partial charge >= 0.3 is 5.97 Å². The minimum Gasteiger partial charge on any atom is -0.493 e. The summed E-state index contributed by atoms with van der Waals surface area (Å²) in [5.41, 5.74) is 2.85. The SMILES string of the molecule is C=CCc1cc(/C=c2/sc3n(c2=O)[C@H](c2ccccc2OC(C)C)C(C(=O)OCC)=C(C)N=3)cc(OC)c1OC. The van der Waals surface area contributed by atoms with E-state index in [1.165, 1.54) is 11.3 Å². The molecule has 0 saturated heterocycles. The first-order valence-electron chi connectivity index (χ1n) is 13.0. The van der Waals surface area contributed by atoms with Crippen molar-refractivity contribution >= 4 is 23.4 Å². The van der Waals surface area contributed by atoms with Gasteiger partial charge < -0.3 is 18.9 Å². The Morgan fingerprint density at radius 2 is 1.93 bits per heavy atom. The average molecular weight is 563 g/mol. The van der Waals surface area contributed by atoms with E-state index in [0.29, 0.717) is 49.8 Å². The van der Waals surface area contributed by atoms with Crippen molar-refractivity contribution in [3.8, 4) is 17.2 Å². The van der Waals surface area contributed by atoms with Crippen molar-refractivity contribution in [1.82, 2.24) is 4.57 Å². The van der Waals surface area contributed by atoms with Crippen molar-refractivity contribution in [2.45, 2.75) is 46.3 Å². The molecule has 40 heavy (non-hydrogen) atoms.